The summed E-state index contributed by atoms with van der Waals surface area (Å²) in [6.07, 6.45) is 2.36. The van der Waals surface area contributed by atoms with Crippen LogP contribution in [0.1, 0.15) is 24.1 Å². The first-order valence-electron chi connectivity index (χ1n) is 6.72. The number of benzene rings is 1. The maximum Gasteiger partial charge on any atom is 0.251 e. The van der Waals surface area contributed by atoms with Gasteiger partial charge in [-0.3, -0.25) is 4.79 Å². The molecule has 104 valence electrons. The van der Waals surface area contributed by atoms with Crippen LogP contribution in [0.2, 0.25) is 0 Å². The van der Waals surface area contributed by atoms with Gasteiger partial charge in [0.25, 0.3) is 5.56 Å². The second-order valence-electron chi connectivity index (χ2n) is 5.20. The standard InChI is InChI=1S/C15H16FN3O/c1-9-2-3-10(6-13(9)16)15-18-12(7-14(20)19-15)8-17-11-4-5-11/h2-3,6-7,11,17H,4-5,8H2,1H3,(H,18,19,20). The molecule has 1 aromatic heterocycles. The maximum atomic E-state index is 13.6. The van der Waals surface area contributed by atoms with Crippen molar-refractivity contribution in [3.05, 3.63) is 51.7 Å². The fourth-order valence-corrected chi connectivity index (χ4v) is 2.01. The zero-order valence-electron chi connectivity index (χ0n) is 11.2. The van der Waals surface area contributed by atoms with Crippen molar-refractivity contribution in [2.45, 2.75) is 32.4 Å². The molecule has 0 bridgehead atoms. The first kappa shape index (κ1) is 13.0. The molecule has 0 saturated heterocycles. The van der Waals surface area contributed by atoms with Crippen molar-refractivity contribution in [1.29, 1.82) is 0 Å². The predicted molar refractivity (Wildman–Crippen MR) is 74.9 cm³/mol. The minimum atomic E-state index is -0.299. The summed E-state index contributed by atoms with van der Waals surface area (Å²) in [6.45, 7) is 2.27. The van der Waals surface area contributed by atoms with Gasteiger partial charge in [-0.05, 0) is 31.4 Å². The minimum Gasteiger partial charge on any atom is -0.308 e. The van der Waals surface area contributed by atoms with Gasteiger partial charge in [0.1, 0.15) is 11.6 Å². The summed E-state index contributed by atoms with van der Waals surface area (Å²) in [7, 11) is 0. The molecule has 1 aromatic carbocycles. The molecule has 1 saturated carbocycles. The third-order valence-electron chi connectivity index (χ3n) is 3.39. The van der Waals surface area contributed by atoms with Crippen LogP contribution in [-0.2, 0) is 6.54 Å². The van der Waals surface area contributed by atoms with Crippen LogP contribution < -0.4 is 10.9 Å². The smallest absolute Gasteiger partial charge is 0.251 e. The van der Waals surface area contributed by atoms with E-state index in [1.54, 1.807) is 19.1 Å². The van der Waals surface area contributed by atoms with Gasteiger partial charge < -0.3 is 10.3 Å². The quantitative estimate of drug-likeness (QED) is 0.897. The van der Waals surface area contributed by atoms with Crippen LogP contribution in [0.25, 0.3) is 11.4 Å². The van der Waals surface area contributed by atoms with E-state index in [4.69, 9.17) is 0 Å². The van der Waals surface area contributed by atoms with Crippen LogP contribution in [0, 0.1) is 12.7 Å². The highest BCUT2D eigenvalue weighted by Gasteiger charge is 2.20. The highest BCUT2D eigenvalue weighted by atomic mass is 19.1. The summed E-state index contributed by atoms with van der Waals surface area (Å²) in [4.78, 5) is 18.7. The average molecular weight is 273 g/mol. The zero-order chi connectivity index (χ0) is 14.1. The van der Waals surface area contributed by atoms with Crippen molar-refractivity contribution < 1.29 is 4.39 Å². The Kier molecular flexibility index (Phi) is 3.36. The molecule has 0 unspecified atom stereocenters. The number of halogens is 1. The van der Waals surface area contributed by atoms with Crippen molar-refractivity contribution in [1.82, 2.24) is 15.3 Å². The molecule has 1 heterocycles. The number of H-pyrrole nitrogens is 1. The highest BCUT2D eigenvalue weighted by molar-refractivity contribution is 5.55. The molecule has 5 heteroatoms. The van der Waals surface area contributed by atoms with Crippen LogP contribution >= 0.6 is 0 Å². The molecule has 0 radical (unpaired) electrons. The van der Waals surface area contributed by atoms with Crippen molar-refractivity contribution in [3.8, 4) is 11.4 Å². The fourth-order valence-electron chi connectivity index (χ4n) is 2.01. The topological polar surface area (TPSA) is 57.8 Å². The minimum absolute atomic E-state index is 0.219. The average Bonchev–Trinajstić information content (AvgIpc) is 3.23. The van der Waals surface area contributed by atoms with Crippen LogP contribution in [0.4, 0.5) is 4.39 Å². The number of aromatic nitrogens is 2. The number of aromatic amines is 1. The van der Waals surface area contributed by atoms with E-state index in [1.807, 2.05) is 0 Å². The van der Waals surface area contributed by atoms with Crippen LogP contribution in [0.5, 0.6) is 0 Å². The van der Waals surface area contributed by atoms with Crippen LogP contribution in [0.15, 0.2) is 29.1 Å². The van der Waals surface area contributed by atoms with E-state index in [0.29, 0.717) is 35.2 Å². The summed E-state index contributed by atoms with van der Waals surface area (Å²) in [5.41, 5.74) is 1.61. The predicted octanol–water partition coefficient (Wildman–Crippen LogP) is 2.14. The van der Waals surface area contributed by atoms with Crippen molar-refractivity contribution in [2.24, 2.45) is 0 Å². The molecular weight excluding hydrogens is 257 g/mol. The van der Waals surface area contributed by atoms with Gasteiger partial charge >= 0.3 is 0 Å². The van der Waals surface area contributed by atoms with Gasteiger partial charge in [0, 0.05) is 24.2 Å². The monoisotopic (exact) mass is 273 g/mol. The second kappa shape index (κ2) is 5.17. The third kappa shape index (κ3) is 2.93. The number of aryl methyl sites for hydroxylation is 1. The summed E-state index contributed by atoms with van der Waals surface area (Å²) in [5, 5.41) is 3.31. The van der Waals surface area contributed by atoms with Crippen molar-refractivity contribution >= 4 is 0 Å². The molecule has 2 N–H and O–H groups in total. The lowest BCUT2D eigenvalue weighted by atomic mass is 10.1. The number of hydrogen-bond acceptors (Lipinski definition) is 3. The molecule has 1 aliphatic rings. The lowest BCUT2D eigenvalue weighted by Crippen LogP contribution is -2.19. The van der Waals surface area contributed by atoms with E-state index in [0.717, 1.165) is 0 Å². The Morgan fingerprint density at radius 2 is 2.20 bits per heavy atom. The summed E-state index contributed by atoms with van der Waals surface area (Å²) in [5.74, 6) is 0.107. The largest absolute Gasteiger partial charge is 0.308 e. The second-order valence-corrected chi connectivity index (χ2v) is 5.20. The van der Waals surface area contributed by atoms with Gasteiger partial charge in [-0.2, -0.15) is 0 Å². The fraction of sp³-hybridized carbons (Fsp3) is 0.333. The maximum absolute atomic E-state index is 13.6. The Balaban J connectivity index is 1.91. The van der Waals surface area contributed by atoms with E-state index >= 15 is 0 Å². The van der Waals surface area contributed by atoms with Gasteiger partial charge in [-0.25, -0.2) is 9.37 Å². The summed E-state index contributed by atoms with van der Waals surface area (Å²) < 4.78 is 13.6. The Bertz CT molecular complexity index is 692. The number of rotatable bonds is 4. The molecule has 20 heavy (non-hydrogen) atoms. The van der Waals surface area contributed by atoms with Crippen molar-refractivity contribution in [2.75, 3.05) is 0 Å². The summed E-state index contributed by atoms with van der Waals surface area (Å²) in [6, 6.07) is 6.86. The molecule has 0 aliphatic heterocycles. The van der Waals surface area contributed by atoms with Crippen LogP contribution in [-0.4, -0.2) is 16.0 Å². The lowest BCUT2D eigenvalue weighted by molar-refractivity contribution is 0.619. The van der Waals surface area contributed by atoms with E-state index in [1.165, 1.54) is 25.0 Å². The van der Waals surface area contributed by atoms with E-state index < -0.39 is 0 Å². The Morgan fingerprint density at radius 1 is 1.40 bits per heavy atom. The first-order valence-corrected chi connectivity index (χ1v) is 6.72. The molecule has 2 aromatic rings. The van der Waals surface area contributed by atoms with Crippen molar-refractivity contribution in [3.63, 3.8) is 0 Å². The van der Waals surface area contributed by atoms with Gasteiger partial charge in [0.15, 0.2) is 0 Å². The van der Waals surface area contributed by atoms with Gasteiger partial charge in [-0.1, -0.05) is 12.1 Å². The Morgan fingerprint density at radius 3 is 2.90 bits per heavy atom. The first-order chi connectivity index (χ1) is 9.61. The number of nitrogens with one attached hydrogen (secondary N) is 2. The van der Waals surface area contributed by atoms with E-state index in [2.05, 4.69) is 15.3 Å². The molecule has 0 atom stereocenters. The molecule has 1 fully saturated rings. The Hall–Kier alpha value is -2.01. The summed E-state index contributed by atoms with van der Waals surface area (Å²) >= 11 is 0. The molecule has 0 amide bonds. The highest BCUT2D eigenvalue weighted by Crippen LogP contribution is 2.20. The molecule has 4 nitrogen and oxygen atoms in total. The third-order valence-corrected chi connectivity index (χ3v) is 3.39. The van der Waals surface area contributed by atoms with Gasteiger partial charge in [0.05, 0.1) is 5.69 Å². The van der Waals surface area contributed by atoms with Gasteiger partial charge in [0.2, 0.25) is 0 Å². The SMILES string of the molecule is Cc1ccc(-c2nc(CNC3CC3)cc(=O)[nH]2)cc1F. The zero-order valence-corrected chi connectivity index (χ0v) is 11.2. The molecule has 3 rings (SSSR count). The van der Waals surface area contributed by atoms with E-state index in [-0.39, 0.29) is 11.4 Å². The normalized spacial score (nSPS) is 14.5. The molecule has 1 aliphatic carbocycles. The molecular formula is C15H16FN3O. The molecule has 0 spiro atoms. The van der Waals surface area contributed by atoms with Gasteiger partial charge in [-0.15, -0.1) is 0 Å². The Labute approximate surface area is 116 Å². The number of hydrogen-bond donors (Lipinski definition) is 2. The van der Waals surface area contributed by atoms with E-state index in [9.17, 15) is 9.18 Å². The lowest BCUT2D eigenvalue weighted by Gasteiger charge is -2.06. The van der Waals surface area contributed by atoms with Crippen LogP contribution in [0.3, 0.4) is 0 Å². The number of nitrogens with zero attached hydrogens (tertiary/aromatic N) is 1.